The lowest BCUT2D eigenvalue weighted by Gasteiger charge is -2.26. The number of aromatic nitrogens is 1. The highest BCUT2D eigenvalue weighted by Gasteiger charge is 2.18. The van der Waals surface area contributed by atoms with E-state index in [1.54, 1.807) is 29.3 Å². The number of hydrogen-bond acceptors (Lipinski definition) is 4. The van der Waals surface area contributed by atoms with Crippen LogP contribution in [-0.4, -0.2) is 42.1 Å². The number of morpholine rings is 1. The zero-order valence-corrected chi connectivity index (χ0v) is 11.6. The molecule has 3 rings (SSSR count). The van der Waals surface area contributed by atoms with E-state index in [9.17, 15) is 4.79 Å². The molecule has 0 aliphatic carbocycles. The molecule has 2 aromatic rings. The number of nitrogens with zero attached hydrogens (tertiary/aromatic N) is 2. The van der Waals surface area contributed by atoms with Gasteiger partial charge in [-0.15, -0.1) is 0 Å². The predicted molar refractivity (Wildman–Crippen MR) is 77.5 cm³/mol. The Morgan fingerprint density at radius 3 is 2.76 bits per heavy atom. The molecule has 0 radical (unpaired) electrons. The van der Waals surface area contributed by atoms with Gasteiger partial charge in [0.1, 0.15) is 5.75 Å². The molecule has 0 saturated carbocycles. The summed E-state index contributed by atoms with van der Waals surface area (Å²) >= 11 is 0. The van der Waals surface area contributed by atoms with Gasteiger partial charge in [0.25, 0.3) is 5.91 Å². The smallest absolute Gasteiger partial charge is 0.254 e. The summed E-state index contributed by atoms with van der Waals surface area (Å²) in [6.07, 6.45) is 1.66. The highest BCUT2D eigenvalue weighted by molar-refractivity contribution is 5.94. The summed E-state index contributed by atoms with van der Waals surface area (Å²) in [6, 6.07) is 12.6. The Kier molecular flexibility index (Phi) is 4.12. The third-order valence-electron chi connectivity index (χ3n) is 3.24. The molecule has 1 amide bonds. The van der Waals surface area contributed by atoms with E-state index in [1.165, 1.54) is 0 Å². The standard InChI is InChI=1S/C16H16N2O3/c19-16(18-8-10-20-11-9-18)13-4-3-5-14(12-13)21-15-6-1-2-7-17-15/h1-7,12H,8-11H2. The third kappa shape index (κ3) is 3.38. The first-order valence-corrected chi connectivity index (χ1v) is 6.89. The molecule has 0 bridgehead atoms. The Hall–Kier alpha value is -2.40. The molecule has 108 valence electrons. The maximum Gasteiger partial charge on any atom is 0.254 e. The lowest BCUT2D eigenvalue weighted by atomic mass is 10.2. The van der Waals surface area contributed by atoms with Gasteiger partial charge in [0.2, 0.25) is 5.88 Å². The Bertz CT molecular complexity index is 610. The van der Waals surface area contributed by atoms with E-state index >= 15 is 0 Å². The molecule has 1 fully saturated rings. The summed E-state index contributed by atoms with van der Waals surface area (Å²) in [5, 5.41) is 0. The first-order valence-electron chi connectivity index (χ1n) is 6.89. The SMILES string of the molecule is O=C(c1cccc(Oc2ccccn2)c1)N1CCOCC1. The zero-order valence-electron chi connectivity index (χ0n) is 11.6. The molecule has 0 unspecified atom stereocenters. The number of hydrogen-bond donors (Lipinski definition) is 0. The number of carbonyl (C=O) groups is 1. The van der Waals surface area contributed by atoms with Gasteiger partial charge in [0, 0.05) is 30.9 Å². The summed E-state index contributed by atoms with van der Waals surface area (Å²) in [5.41, 5.74) is 0.616. The topological polar surface area (TPSA) is 51.7 Å². The van der Waals surface area contributed by atoms with E-state index in [-0.39, 0.29) is 5.91 Å². The first kappa shape index (κ1) is 13.6. The van der Waals surface area contributed by atoms with Crippen LogP contribution in [0.5, 0.6) is 11.6 Å². The fraction of sp³-hybridized carbons (Fsp3) is 0.250. The van der Waals surface area contributed by atoms with E-state index in [1.807, 2.05) is 24.3 Å². The van der Waals surface area contributed by atoms with Crippen molar-refractivity contribution in [1.29, 1.82) is 0 Å². The number of pyridine rings is 1. The van der Waals surface area contributed by atoms with Gasteiger partial charge in [-0.2, -0.15) is 0 Å². The summed E-state index contributed by atoms with van der Waals surface area (Å²) in [5.74, 6) is 1.12. The van der Waals surface area contributed by atoms with Crippen LogP contribution >= 0.6 is 0 Å². The van der Waals surface area contributed by atoms with Crippen LogP contribution in [0.15, 0.2) is 48.7 Å². The van der Waals surface area contributed by atoms with Gasteiger partial charge < -0.3 is 14.4 Å². The zero-order chi connectivity index (χ0) is 14.5. The van der Waals surface area contributed by atoms with Gasteiger partial charge in [0.05, 0.1) is 13.2 Å². The van der Waals surface area contributed by atoms with Crippen LogP contribution in [-0.2, 0) is 4.74 Å². The van der Waals surface area contributed by atoms with Gasteiger partial charge >= 0.3 is 0 Å². The Morgan fingerprint density at radius 2 is 2.00 bits per heavy atom. The Morgan fingerprint density at radius 1 is 1.14 bits per heavy atom. The number of amides is 1. The molecule has 0 atom stereocenters. The normalized spacial score (nSPS) is 14.8. The van der Waals surface area contributed by atoms with Gasteiger partial charge in [-0.1, -0.05) is 12.1 Å². The van der Waals surface area contributed by atoms with Gasteiger partial charge in [0.15, 0.2) is 0 Å². The molecule has 1 aliphatic heterocycles. The third-order valence-corrected chi connectivity index (χ3v) is 3.24. The average Bonchev–Trinajstić information content (AvgIpc) is 2.56. The molecule has 0 spiro atoms. The fourth-order valence-electron chi connectivity index (χ4n) is 2.17. The van der Waals surface area contributed by atoms with Crippen molar-refractivity contribution in [1.82, 2.24) is 9.88 Å². The minimum Gasteiger partial charge on any atom is -0.439 e. The van der Waals surface area contributed by atoms with Crippen molar-refractivity contribution >= 4 is 5.91 Å². The van der Waals surface area contributed by atoms with Crippen LogP contribution in [0, 0.1) is 0 Å². The monoisotopic (exact) mass is 284 g/mol. The van der Waals surface area contributed by atoms with Crippen LogP contribution in [0.1, 0.15) is 10.4 Å². The largest absolute Gasteiger partial charge is 0.439 e. The second kappa shape index (κ2) is 6.37. The van der Waals surface area contributed by atoms with Crippen molar-refractivity contribution in [2.45, 2.75) is 0 Å². The lowest BCUT2D eigenvalue weighted by molar-refractivity contribution is 0.0302. The van der Waals surface area contributed by atoms with Crippen LogP contribution in [0.2, 0.25) is 0 Å². The molecule has 1 aromatic heterocycles. The fourth-order valence-corrected chi connectivity index (χ4v) is 2.17. The van der Waals surface area contributed by atoms with E-state index in [4.69, 9.17) is 9.47 Å². The number of rotatable bonds is 3. The van der Waals surface area contributed by atoms with E-state index in [0.29, 0.717) is 43.5 Å². The van der Waals surface area contributed by atoms with Crippen molar-refractivity contribution in [3.63, 3.8) is 0 Å². The van der Waals surface area contributed by atoms with Crippen molar-refractivity contribution in [3.05, 3.63) is 54.2 Å². The second-order valence-corrected chi connectivity index (χ2v) is 4.70. The minimum absolute atomic E-state index is 0.00442. The molecular weight excluding hydrogens is 268 g/mol. The quantitative estimate of drug-likeness (QED) is 0.868. The highest BCUT2D eigenvalue weighted by Crippen LogP contribution is 2.21. The molecule has 1 saturated heterocycles. The number of ether oxygens (including phenoxy) is 2. The maximum atomic E-state index is 12.4. The van der Waals surface area contributed by atoms with Crippen molar-refractivity contribution in [2.75, 3.05) is 26.3 Å². The van der Waals surface area contributed by atoms with Gasteiger partial charge in [-0.25, -0.2) is 4.98 Å². The molecule has 1 aromatic carbocycles. The van der Waals surface area contributed by atoms with Crippen LogP contribution in [0.3, 0.4) is 0 Å². The van der Waals surface area contributed by atoms with Gasteiger partial charge in [-0.3, -0.25) is 4.79 Å². The molecule has 2 heterocycles. The minimum atomic E-state index is 0.00442. The molecular formula is C16H16N2O3. The van der Waals surface area contributed by atoms with E-state index < -0.39 is 0 Å². The van der Waals surface area contributed by atoms with Crippen LogP contribution in [0.4, 0.5) is 0 Å². The molecule has 5 heteroatoms. The Labute approximate surface area is 123 Å². The van der Waals surface area contributed by atoms with Crippen LogP contribution in [0.25, 0.3) is 0 Å². The molecule has 5 nitrogen and oxygen atoms in total. The summed E-state index contributed by atoms with van der Waals surface area (Å²) in [6.45, 7) is 2.44. The molecule has 0 N–H and O–H groups in total. The van der Waals surface area contributed by atoms with E-state index in [2.05, 4.69) is 4.98 Å². The highest BCUT2D eigenvalue weighted by atomic mass is 16.5. The Balaban J connectivity index is 1.75. The van der Waals surface area contributed by atoms with Crippen molar-refractivity contribution in [3.8, 4) is 11.6 Å². The maximum absolute atomic E-state index is 12.4. The summed E-state index contributed by atoms with van der Waals surface area (Å²) in [4.78, 5) is 18.3. The average molecular weight is 284 g/mol. The second-order valence-electron chi connectivity index (χ2n) is 4.70. The number of benzene rings is 1. The summed E-state index contributed by atoms with van der Waals surface area (Å²) < 4.78 is 10.9. The van der Waals surface area contributed by atoms with Gasteiger partial charge in [-0.05, 0) is 24.3 Å². The molecule has 21 heavy (non-hydrogen) atoms. The number of carbonyl (C=O) groups excluding carboxylic acids is 1. The van der Waals surface area contributed by atoms with Crippen molar-refractivity contribution < 1.29 is 14.3 Å². The molecule has 1 aliphatic rings. The van der Waals surface area contributed by atoms with E-state index in [0.717, 1.165) is 0 Å². The lowest BCUT2D eigenvalue weighted by Crippen LogP contribution is -2.40. The van der Waals surface area contributed by atoms with Crippen LogP contribution < -0.4 is 4.74 Å². The predicted octanol–water partition coefficient (Wildman–Crippen LogP) is 2.35. The summed E-state index contributed by atoms with van der Waals surface area (Å²) in [7, 11) is 0. The first-order chi connectivity index (χ1) is 10.3. The van der Waals surface area contributed by atoms with Crippen molar-refractivity contribution in [2.24, 2.45) is 0 Å².